The average Bonchev–Trinajstić information content (AvgIpc) is 3.18. The van der Waals surface area contributed by atoms with Crippen molar-refractivity contribution in [3.05, 3.63) is 30.1 Å². The van der Waals surface area contributed by atoms with E-state index >= 15 is 0 Å². The van der Waals surface area contributed by atoms with Gasteiger partial charge in [0.1, 0.15) is 0 Å². The summed E-state index contributed by atoms with van der Waals surface area (Å²) in [7, 11) is -3.26. The first-order valence-corrected chi connectivity index (χ1v) is 8.64. The van der Waals surface area contributed by atoms with Crippen LogP contribution in [0, 0.1) is 5.92 Å². The highest BCUT2D eigenvalue weighted by Crippen LogP contribution is 2.31. The summed E-state index contributed by atoms with van der Waals surface area (Å²) in [5.74, 6) is 0.547. The van der Waals surface area contributed by atoms with E-state index in [0.29, 0.717) is 30.4 Å². The van der Waals surface area contributed by atoms with Crippen LogP contribution in [0.5, 0.6) is 0 Å². The first-order valence-electron chi connectivity index (χ1n) is 6.62. The van der Waals surface area contributed by atoms with E-state index in [1.165, 1.54) is 4.31 Å². The van der Waals surface area contributed by atoms with Crippen LogP contribution in [-0.2, 0) is 16.6 Å². The van der Waals surface area contributed by atoms with Gasteiger partial charge in [-0.2, -0.15) is 4.31 Å². The van der Waals surface area contributed by atoms with Crippen LogP contribution in [0.2, 0.25) is 0 Å². The van der Waals surface area contributed by atoms with Crippen molar-refractivity contribution in [2.45, 2.75) is 25.8 Å². The molecule has 1 aliphatic rings. The Bertz CT molecular complexity index is 556. The molecule has 0 aliphatic heterocycles. The van der Waals surface area contributed by atoms with E-state index in [1.54, 1.807) is 18.5 Å². The van der Waals surface area contributed by atoms with Crippen molar-refractivity contribution >= 4 is 27.2 Å². The average molecular weight is 313 g/mol. The molecule has 1 aliphatic carbocycles. The van der Waals surface area contributed by atoms with Gasteiger partial charge in [0, 0.05) is 31.9 Å². The Hall–Kier alpha value is -1.05. The second-order valence-electron chi connectivity index (χ2n) is 5.13. The van der Waals surface area contributed by atoms with Gasteiger partial charge in [-0.25, -0.2) is 8.42 Å². The first kappa shape index (κ1) is 15.3. The van der Waals surface area contributed by atoms with Crippen LogP contribution in [0.3, 0.4) is 0 Å². The van der Waals surface area contributed by atoms with Crippen LogP contribution >= 0.6 is 12.2 Å². The summed E-state index contributed by atoms with van der Waals surface area (Å²) in [6.07, 6.45) is 5.77. The zero-order valence-electron chi connectivity index (χ0n) is 11.2. The monoisotopic (exact) mass is 313 g/mol. The van der Waals surface area contributed by atoms with Gasteiger partial charge in [0.05, 0.1) is 10.7 Å². The van der Waals surface area contributed by atoms with Gasteiger partial charge in [0.25, 0.3) is 0 Å². The minimum Gasteiger partial charge on any atom is -0.393 e. The lowest BCUT2D eigenvalue weighted by Crippen LogP contribution is -2.35. The standard InChI is InChI=1S/C13H19N3O2S2/c14-13(19)5-7-16(9-12-2-1-6-15-8-12)20(17,18)10-11-3-4-11/h1-2,6,8,11H,3-5,7,9-10H2,(H2,14,19). The molecule has 2 rings (SSSR count). The number of thiocarbonyl (C=S) groups is 1. The largest absolute Gasteiger partial charge is 0.393 e. The Labute approximate surface area is 125 Å². The first-order chi connectivity index (χ1) is 9.47. The maximum Gasteiger partial charge on any atom is 0.214 e. The van der Waals surface area contributed by atoms with Crippen LogP contribution < -0.4 is 5.73 Å². The molecule has 0 saturated heterocycles. The SMILES string of the molecule is NC(=S)CCN(Cc1cccnc1)S(=O)(=O)CC1CC1. The summed E-state index contributed by atoms with van der Waals surface area (Å²) in [6, 6.07) is 3.67. The van der Waals surface area contributed by atoms with Crippen LogP contribution in [0.25, 0.3) is 0 Å². The van der Waals surface area contributed by atoms with E-state index in [4.69, 9.17) is 18.0 Å². The number of nitrogens with two attached hydrogens (primary N) is 1. The molecule has 0 radical (unpaired) electrons. The molecule has 1 aromatic heterocycles. The highest BCUT2D eigenvalue weighted by Gasteiger charge is 2.31. The molecule has 0 bridgehead atoms. The van der Waals surface area contributed by atoms with E-state index in [2.05, 4.69) is 4.98 Å². The lowest BCUT2D eigenvalue weighted by molar-refractivity contribution is 0.413. The Morgan fingerprint density at radius 2 is 2.25 bits per heavy atom. The maximum absolute atomic E-state index is 12.4. The number of nitrogens with zero attached hydrogens (tertiary/aromatic N) is 2. The fraction of sp³-hybridized carbons (Fsp3) is 0.538. The number of pyridine rings is 1. The molecule has 5 nitrogen and oxygen atoms in total. The second-order valence-corrected chi connectivity index (χ2v) is 7.67. The number of sulfonamides is 1. The lowest BCUT2D eigenvalue weighted by atomic mass is 10.3. The zero-order chi connectivity index (χ0) is 14.6. The molecule has 1 heterocycles. The summed E-state index contributed by atoms with van der Waals surface area (Å²) in [5, 5.41) is 0. The zero-order valence-corrected chi connectivity index (χ0v) is 12.9. The van der Waals surface area contributed by atoms with Gasteiger partial charge >= 0.3 is 0 Å². The molecular formula is C13H19N3O2S2. The van der Waals surface area contributed by atoms with Crippen LogP contribution in [0.1, 0.15) is 24.8 Å². The van der Waals surface area contributed by atoms with E-state index in [-0.39, 0.29) is 5.75 Å². The van der Waals surface area contributed by atoms with Crippen molar-refractivity contribution < 1.29 is 8.42 Å². The molecule has 0 amide bonds. The van der Waals surface area contributed by atoms with E-state index in [0.717, 1.165) is 18.4 Å². The minimum atomic E-state index is -3.26. The molecule has 1 saturated carbocycles. The highest BCUT2D eigenvalue weighted by atomic mass is 32.2. The van der Waals surface area contributed by atoms with Gasteiger partial charge < -0.3 is 5.73 Å². The number of hydrogen-bond donors (Lipinski definition) is 1. The summed E-state index contributed by atoms with van der Waals surface area (Å²) >= 11 is 4.85. The lowest BCUT2D eigenvalue weighted by Gasteiger charge is -2.22. The molecule has 0 unspecified atom stereocenters. The fourth-order valence-corrected chi connectivity index (χ4v) is 3.88. The topological polar surface area (TPSA) is 76.3 Å². The second kappa shape index (κ2) is 6.60. The van der Waals surface area contributed by atoms with Crippen LogP contribution in [-0.4, -0.2) is 35.0 Å². The summed E-state index contributed by atoms with van der Waals surface area (Å²) in [4.78, 5) is 4.35. The highest BCUT2D eigenvalue weighted by molar-refractivity contribution is 7.89. The summed E-state index contributed by atoms with van der Waals surface area (Å²) < 4.78 is 26.3. The van der Waals surface area contributed by atoms with Crippen LogP contribution in [0.4, 0.5) is 0 Å². The molecule has 1 aromatic rings. The van der Waals surface area contributed by atoms with E-state index < -0.39 is 10.0 Å². The molecule has 2 N–H and O–H groups in total. The molecular weight excluding hydrogens is 294 g/mol. The summed E-state index contributed by atoms with van der Waals surface area (Å²) in [5.41, 5.74) is 6.36. The van der Waals surface area contributed by atoms with Crippen molar-refractivity contribution in [2.75, 3.05) is 12.3 Å². The Balaban J connectivity index is 2.08. The van der Waals surface area contributed by atoms with Gasteiger partial charge in [0.15, 0.2) is 0 Å². The fourth-order valence-electron chi connectivity index (χ4n) is 1.93. The van der Waals surface area contributed by atoms with Gasteiger partial charge in [0.2, 0.25) is 10.0 Å². The van der Waals surface area contributed by atoms with Crippen molar-refractivity contribution in [2.24, 2.45) is 11.7 Å². The van der Waals surface area contributed by atoms with Gasteiger partial charge in [-0.05, 0) is 30.4 Å². The quantitative estimate of drug-likeness (QED) is 0.732. The molecule has 0 atom stereocenters. The smallest absolute Gasteiger partial charge is 0.214 e. The Morgan fingerprint density at radius 1 is 1.50 bits per heavy atom. The normalized spacial score (nSPS) is 15.4. The third-order valence-corrected chi connectivity index (χ3v) is 5.42. The summed E-state index contributed by atoms with van der Waals surface area (Å²) in [6.45, 7) is 0.658. The third kappa shape index (κ3) is 4.81. The van der Waals surface area contributed by atoms with E-state index in [1.807, 2.05) is 6.07 Å². The molecule has 20 heavy (non-hydrogen) atoms. The molecule has 0 spiro atoms. The van der Waals surface area contributed by atoms with Gasteiger partial charge in [-0.1, -0.05) is 18.3 Å². The molecule has 7 heteroatoms. The van der Waals surface area contributed by atoms with Crippen molar-refractivity contribution in [3.63, 3.8) is 0 Å². The number of aromatic nitrogens is 1. The van der Waals surface area contributed by atoms with Gasteiger partial charge in [-0.15, -0.1) is 0 Å². The van der Waals surface area contributed by atoms with Gasteiger partial charge in [-0.3, -0.25) is 4.98 Å². The molecule has 0 aromatic carbocycles. The predicted molar refractivity (Wildman–Crippen MR) is 82.6 cm³/mol. The van der Waals surface area contributed by atoms with Crippen molar-refractivity contribution in [1.29, 1.82) is 0 Å². The molecule has 110 valence electrons. The van der Waals surface area contributed by atoms with Crippen LogP contribution in [0.15, 0.2) is 24.5 Å². The minimum absolute atomic E-state index is 0.227. The van der Waals surface area contributed by atoms with Crippen molar-refractivity contribution in [1.82, 2.24) is 9.29 Å². The third-order valence-electron chi connectivity index (χ3n) is 3.23. The molecule has 1 fully saturated rings. The number of rotatable bonds is 8. The van der Waals surface area contributed by atoms with Crippen molar-refractivity contribution in [3.8, 4) is 0 Å². The Kier molecular flexibility index (Phi) is 5.06. The number of hydrogen-bond acceptors (Lipinski definition) is 4. The maximum atomic E-state index is 12.4. The van der Waals surface area contributed by atoms with E-state index in [9.17, 15) is 8.42 Å². The predicted octanol–water partition coefficient (Wildman–Crippen LogP) is 1.30. The Morgan fingerprint density at radius 3 is 2.80 bits per heavy atom.